The first-order valence-corrected chi connectivity index (χ1v) is 5.60. The number of aromatic nitrogens is 1. The highest BCUT2D eigenvalue weighted by atomic mass is 32.1. The molecule has 1 aromatic heterocycles. The third-order valence-electron chi connectivity index (χ3n) is 1.81. The second kappa shape index (κ2) is 6.19. The van der Waals surface area contributed by atoms with Crippen LogP contribution in [0.15, 0.2) is 5.38 Å². The van der Waals surface area contributed by atoms with Gasteiger partial charge in [0.1, 0.15) is 5.01 Å². The highest BCUT2D eigenvalue weighted by molar-refractivity contribution is 7.09. The predicted molar refractivity (Wildman–Crippen MR) is 59.5 cm³/mol. The van der Waals surface area contributed by atoms with E-state index in [-0.39, 0.29) is 18.1 Å². The van der Waals surface area contributed by atoms with Gasteiger partial charge in [-0.05, 0) is 7.05 Å². The molecule has 3 N–H and O–H groups in total. The average molecular weight is 243 g/mol. The van der Waals surface area contributed by atoms with E-state index in [2.05, 4.69) is 15.6 Å². The third-order valence-corrected chi connectivity index (χ3v) is 2.66. The molecule has 0 aliphatic heterocycles. The zero-order valence-electron chi connectivity index (χ0n) is 8.82. The Labute approximate surface area is 96.7 Å². The average Bonchev–Trinajstić information content (AvgIpc) is 2.72. The molecule has 0 aromatic carbocycles. The van der Waals surface area contributed by atoms with E-state index in [1.54, 1.807) is 7.05 Å². The Morgan fingerprint density at radius 1 is 1.56 bits per heavy atom. The smallest absolute Gasteiger partial charge is 0.355 e. The molecule has 0 fully saturated rings. The minimum atomic E-state index is -1.05. The van der Waals surface area contributed by atoms with Gasteiger partial charge in [-0.25, -0.2) is 9.78 Å². The number of rotatable bonds is 6. The second-order valence-electron chi connectivity index (χ2n) is 3.06. The second-order valence-corrected chi connectivity index (χ2v) is 4.00. The molecule has 16 heavy (non-hydrogen) atoms. The SMILES string of the molecule is CNCCC(=O)NCc1nc(C(=O)O)cs1. The normalized spacial score (nSPS) is 10.1. The van der Waals surface area contributed by atoms with Gasteiger partial charge in [0.25, 0.3) is 0 Å². The van der Waals surface area contributed by atoms with E-state index in [0.717, 1.165) is 0 Å². The van der Waals surface area contributed by atoms with Gasteiger partial charge >= 0.3 is 5.97 Å². The standard InChI is InChI=1S/C9H13N3O3S/c1-10-3-2-7(13)11-4-8-12-6(5-16-8)9(14)15/h5,10H,2-4H2,1H3,(H,11,13)(H,14,15). The lowest BCUT2D eigenvalue weighted by Crippen LogP contribution is -2.26. The van der Waals surface area contributed by atoms with Gasteiger partial charge in [0.15, 0.2) is 5.69 Å². The molecule has 1 amide bonds. The molecule has 6 nitrogen and oxygen atoms in total. The van der Waals surface area contributed by atoms with Crippen molar-refractivity contribution in [1.82, 2.24) is 15.6 Å². The van der Waals surface area contributed by atoms with E-state index in [1.165, 1.54) is 16.7 Å². The van der Waals surface area contributed by atoms with Gasteiger partial charge < -0.3 is 15.7 Å². The molecular formula is C9H13N3O3S. The van der Waals surface area contributed by atoms with Crippen LogP contribution in [-0.4, -0.2) is 35.6 Å². The van der Waals surface area contributed by atoms with Crippen LogP contribution in [0.25, 0.3) is 0 Å². The lowest BCUT2D eigenvalue weighted by molar-refractivity contribution is -0.121. The van der Waals surface area contributed by atoms with Gasteiger partial charge in [0.2, 0.25) is 5.91 Å². The zero-order valence-corrected chi connectivity index (χ0v) is 9.63. The van der Waals surface area contributed by atoms with Crippen molar-refractivity contribution in [3.63, 3.8) is 0 Å². The summed E-state index contributed by atoms with van der Waals surface area (Å²) in [6.07, 6.45) is 0.396. The highest BCUT2D eigenvalue weighted by Crippen LogP contribution is 2.09. The van der Waals surface area contributed by atoms with Crippen LogP contribution in [0.1, 0.15) is 21.9 Å². The molecule has 0 aliphatic carbocycles. The van der Waals surface area contributed by atoms with E-state index in [0.29, 0.717) is 18.0 Å². The number of amides is 1. The molecule has 1 heterocycles. The lowest BCUT2D eigenvalue weighted by atomic mass is 10.4. The molecule has 0 saturated heterocycles. The molecule has 0 bridgehead atoms. The Hall–Kier alpha value is -1.47. The Balaban J connectivity index is 2.36. The number of carbonyl (C=O) groups is 2. The van der Waals surface area contributed by atoms with Crippen molar-refractivity contribution in [2.24, 2.45) is 0 Å². The number of nitrogens with one attached hydrogen (secondary N) is 2. The first-order valence-electron chi connectivity index (χ1n) is 4.72. The van der Waals surface area contributed by atoms with Crippen LogP contribution in [0.2, 0.25) is 0 Å². The maximum absolute atomic E-state index is 11.2. The Bertz CT molecular complexity index is 378. The van der Waals surface area contributed by atoms with Crippen LogP contribution in [0, 0.1) is 0 Å². The lowest BCUT2D eigenvalue weighted by Gasteiger charge is -2.01. The maximum atomic E-state index is 11.2. The summed E-state index contributed by atoms with van der Waals surface area (Å²) < 4.78 is 0. The number of nitrogens with zero attached hydrogens (tertiary/aromatic N) is 1. The van der Waals surface area contributed by atoms with Crippen molar-refractivity contribution in [1.29, 1.82) is 0 Å². The molecule has 0 spiro atoms. The Morgan fingerprint density at radius 2 is 2.31 bits per heavy atom. The van der Waals surface area contributed by atoms with Gasteiger partial charge in [-0.2, -0.15) is 0 Å². The molecule has 88 valence electrons. The van der Waals surface area contributed by atoms with Crippen molar-refractivity contribution in [2.75, 3.05) is 13.6 Å². The van der Waals surface area contributed by atoms with Crippen molar-refractivity contribution in [3.05, 3.63) is 16.1 Å². The maximum Gasteiger partial charge on any atom is 0.355 e. The third kappa shape index (κ3) is 3.95. The van der Waals surface area contributed by atoms with Gasteiger partial charge in [-0.15, -0.1) is 11.3 Å². The number of hydrogen-bond donors (Lipinski definition) is 3. The van der Waals surface area contributed by atoms with Gasteiger partial charge in [0.05, 0.1) is 6.54 Å². The number of carboxylic acids is 1. The van der Waals surface area contributed by atoms with Gasteiger partial charge in [0, 0.05) is 18.3 Å². The van der Waals surface area contributed by atoms with Crippen LogP contribution >= 0.6 is 11.3 Å². The largest absolute Gasteiger partial charge is 0.476 e. The fourth-order valence-electron chi connectivity index (χ4n) is 0.991. The van der Waals surface area contributed by atoms with E-state index in [4.69, 9.17) is 5.11 Å². The number of thiazole rings is 1. The van der Waals surface area contributed by atoms with Crippen molar-refractivity contribution in [3.8, 4) is 0 Å². The molecular weight excluding hydrogens is 230 g/mol. The van der Waals surface area contributed by atoms with Crippen LogP contribution < -0.4 is 10.6 Å². The fraction of sp³-hybridized carbons (Fsp3) is 0.444. The van der Waals surface area contributed by atoms with Crippen LogP contribution in [0.3, 0.4) is 0 Å². The van der Waals surface area contributed by atoms with Crippen LogP contribution in [0.4, 0.5) is 0 Å². The summed E-state index contributed by atoms with van der Waals surface area (Å²) in [5.74, 6) is -1.13. The number of carbonyl (C=O) groups excluding carboxylic acids is 1. The number of aromatic carboxylic acids is 1. The Kier molecular flexibility index (Phi) is 4.87. The van der Waals surface area contributed by atoms with Crippen molar-refractivity contribution < 1.29 is 14.7 Å². The van der Waals surface area contributed by atoms with Crippen LogP contribution in [-0.2, 0) is 11.3 Å². The molecule has 0 atom stereocenters. The van der Waals surface area contributed by atoms with Gasteiger partial charge in [-0.3, -0.25) is 4.79 Å². The topological polar surface area (TPSA) is 91.3 Å². The summed E-state index contributed by atoms with van der Waals surface area (Å²) in [6, 6.07) is 0. The zero-order chi connectivity index (χ0) is 12.0. The Morgan fingerprint density at radius 3 is 2.88 bits per heavy atom. The van der Waals surface area contributed by atoms with E-state index in [1.807, 2.05) is 0 Å². The quantitative estimate of drug-likeness (QED) is 0.657. The minimum Gasteiger partial charge on any atom is -0.476 e. The molecule has 0 radical (unpaired) electrons. The molecule has 7 heteroatoms. The van der Waals surface area contributed by atoms with Gasteiger partial charge in [-0.1, -0.05) is 0 Å². The molecule has 1 aromatic rings. The summed E-state index contributed by atoms with van der Waals surface area (Å²) in [4.78, 5) is 25.6. The summed E-state index contributed by atoms with van der Waals surface area (Å²) >= 11 is 1.22. The summed E-state index contributed by atoms with van der Waals surface area (Å²) in [7, 11) is 1.77. The molecule has 1 rings (SSSR count). The van der Waals surface area contributed by atoms with E-state index < -0.39 is 5.97 Å². The molecule has 0 aliphatic rings. The highest BCUT2D eigenvalue weighted by Gasteiger charge is 2.09. The van der Waals surface area contributed by atoms with E-state index in [9.17, 15) is 9.59 Å². The summed E-state index contributed by atoms with van der Waals surface area (Å²) in [6.45, 7) is 0.893. The molecule has 0 unspecified atom stereocenters. The monoisotopic (exact) mass is 243 g/mol. The molecule has 0 saturated carbocycles. The first kappa shape index (κ1) is 12.6. The van der Waals surface area contributed by atoms with Crippen molar-refractivity contribution in [2.45, 2.75) is 13.0 Å². The summed E-state index contributed by atoms with van der Waals surface area (Å²) in [5, 5.41) is 16.2. The fourth-order valence-corrected chi connectivity index (χ4v) is 1.70. The van der Waals surface area contributed by atoms with Crippen LogP contribution in [0.5, 0.6) is 0 Å². The number of hydrogen-bond acceptors (Lipinski definition) is 5. The van der Waals surface area contributed by atoms with E-state index >= 15 is 0 Å². The number of carboxylic acid groups (broad SMARTS) is 1. The van der Waals surface area contributed by atoms with Crippen molar-refractivity contribution >= 4 is 23.2 Å². The first-order chi connectivity index (χ1) is 7.63. The summed E-state index contributed by atoms with van der Waals surface area (Å²) in [5.41, 5.74) is 0.0180. The predicted octanol–water partition coefficient (Wildman–Crippen LogP) is 0.0670. The minimum absolute atomic E-state index is 0.0180.